The van der Waals surface area contributed by atoms with Crippen LogP contribution < -0.4 is 16.2 Å². The lowest BCUT2D eigenvalue weighted by Gasteiger charge is -2.26. The van der Waals surface area contributed by atoms with Gasteiger partial charge in [-0.1, -0.05) is 91.0 Å². The highest BCUT2D eigenvalue weighted by atomic mass is 16.2. The van der Waals surface area contributed by atoms with E-state index in [-0.39, 0.29) is 18.7 Å². The molecule has 2 atom stereocenters. The van der Waals surface area contributed by atoms with Crippen molar-refractivity contribution in [2.24, 2.45) is 0 Å². The summed E-state index contributed by atoms with van der Waals surface area (Å²) in [5.41, 5.74) is 7.85. The quantitative estimate of drug-likeness (QED) is 0.278. The maximum absolute atomic E-state index is 13.3. The van der Waals surface area contributed by atoms with Crippen molar-refractivity contribution >= 4 is 23.5 Å². The van der Waals surface area contributed by atoms with Gasteiger partial charge in [0.2, 0.25) is 17.6 Å². The first kappa shape index (κ1) is 25.8. The Morgan fingerprint density at radius 3 is 2.00 bits per heavy atom. The molecule has 1 aliphatic rings. The fraction of sp³-hybridized carbons (Fsp3) is 0.241. The Balaban J connectivity index is 1.43. The molecule has 1 aliphatic heterocycles. The van der Waals surface area contributed by atoms with Crippen molar-refractivity contribution in [1.82, 2.24) is 21.1 Å². The highest BCUT2D eigenvalue weighted by Gasteiger charge is 2.38. The minimum atomic E-state index is -1.08. The van der Waals surface area contributed by atoms with Crippen LogP contribution in [-0.4, -0.2) is 40.5 Å². The van der Waals surface area contributed by atoms with Gasteiger partial charge in [-0.2, -0.15) is 0 Å². The van der Waals surface area contributed by atoms with Crippen LogP contribution in [0.4, 0.5) is 0 Å². The predicted octanol–water partition coefficient (Wildman–Crippen LogP) is 2.30. The van der Waals surface area contributed by atoms with Crippen molar-refractivity contribution in [2.75, 3.05) is 0 Å². The van der Waals surface area contributed by atoms with Crippen LogP contribution in [0.2, 0.25) is 0 Å². The largest absolute Gasteiger partial charge is 0.344 e. The lowest BCUT2D eigenvalue weighted by atomic mass is 10.0. The summed E-state index contributed by atoms with van der Waals surface area (Å²) in [5.74, 6) is -2.17. The first-order valence-corrected chi connectivity index (χ1v) is 12.3. The van der Waals surface area contributed by atoms with E-state index in [0.717, 1.165) is 16.7 Å². The van der Waals surface area contributed by atoms with Gasteiger partial charge < -0.3 is 10.2 Å². The van der Waals surface area contributed by atoms with Crippen molar-refractivity contribution in [2.45, 2.75) is 44.4 Å². The maximum Gasteiger partial charge on any atom is 0.303 e. The van der Waals surface area contributed by atoms with E-state index in [1.54, 1.807) is 0 Å². The summed E-state index contributed by atoms with van der Waals surface area (Å²) in [7, 11) is 0. The molecule has 8 nitrogen and oxygen atoms in total. The molecular weight excluding hydrogens is 468 g/mol. The summed E-state index contributed by atoms with van der Waals surface area (Å²) < 4.78 is 0. The highest BCUT2D eigenvalue weighted by Crippen LogP contribution is 2.22. The van der Waals surface area contributed by atoms with Gasteiger partial charge in [-0.05, 0) is 23.1 Å². The molecule has 37 heavy (non-hydrogen) atoms. The minimum Gasteiger partial charge on any atom is -0.344 e. The van der Waals surface area contributed by atoms with Crippen molar-refractivity contribution in [3.63, 3.8) is 0 Å². The number of rotatable bonds is 11. The van der Waals surface area contributed by atoms with Gasteiger partial charge >= 0.3 is 5.91 Å². The zero-order chi connectivity index (χ0) is 26.0. The minimum absolute atomic E-state index is 0.113. The first-order valence-electron chi connectivity index (χ1n) is 12.3. The molecule has 8 heteroatoms. The van der Waals surface area contributed by atoms with Crippen LogP contribution in [-0.2, 0) is 38.7 Å². The number of hydrogen-bond donors (Lipinski definition) is 3. The summed E-state index contributed by atoms with van der Waals surface area (Å²) in [6.45, 7) is 0.646. The summed E-state index contributed by atoms with van der Waals surface area (Å²) in [6, 6.07) is 26.3. The van der Waals surface area contributed by atoms with E-state index in [1.165, 1.54) is 4.90 Å². The van der Waals surface area contributed by atoms with Gasteiger partial charge in [0.15, 0.2) is 0 Å². The fourth-order valence-electron chi connectivity index (χ4n) is 4.35. The average Bonchev–Trinajstić information content (AvgIpc) is 3.29. The SMILES string of the molecule is O=C(NNCc1ccccc1)C(=O)C(Cc1ccccc1)NC(=O)C1CCC(=O)N1Cc1ccccc1. The molecule has 3 N–H and O–H groups in total. The first-order chi connectivity index (χ1) is 18.0. The Hall–Kier alpha value is -4.30. The molecule has 1 fully saturated rings. The van der Waals surface area contributed by atoms with Gasteiger partial charge in [-0.15, -0.1) is 0 Å². The van der Waals surface area contributed by atoms with E-state index in [1.807, 2.05) is 91.0 Å². The van der Waals surface area contributed by atoms with Crippen molar-refractivity contribution < 1.29 is 19.2 Å². The van der Waals surface area contributed by atoms with Gasteiger partial charge in [0.1, 0.15) is 12.1 Å². The van der Waals surface area contributed by atoms with E-state index in [0.29, 0.717) is 19.5 Å². The van der Waals surface area contributed by atoms with Crippen LogP contribution in [0.15, 0.2) is 91.0 Å². The van der Waals surface area contributed by atoms with Crippen molar-refractivity contribution in [3.8, 4) is 0 Å². The summed E-state index contributed by atoms with van der Waals surface area (Å²) in [5, 5.41) is 2.76. The third kappa shape index (κ3) is 7.11. The molecule has 0 radical (unpaired) electrons. The number of benzene rings is 3. The monoisotopic (exact) mass is 498 g/mol. The number of nitrogens with zero attached hydrogens (tertiary/aromatic N) is 1. The lowest BCUT2D eigenvalue weighted by Crippen LogP contribution is -2.54. The molecule has 0 aliphatic carbocycles. The van der Waals surface area contributed by atoms with E-state index < -0.39 is 29.7 Å². The number of ketones is 1. The number of hydrazine groups is 1. The van der Waals surface area contributed by atoms with E-state index >= 15 is 0 Å². The van der Waals surface area contributed by atoms with Crippen LogP contribution in [0.1, 0.15) is 29.5 Å². The molecule has 1 heterocycles. The van der Waals surface area contributed by atoms with E-state index in [4.69, 9.17) is 0 Å². The fourth-order valence-corrected chi connectivity index (χ4v) is 4.35. The zero-order valence-electron chi connectivity index (χ0n) is 20.4. The Bertz CT molecular complexity index is 1220. The van der Waals surface area contributed by atoms with Crippen molar-refractivity contribution in [1.29, 1.82) is 0 Å². The van der Waals surface area contributed by atoms with Crippen molar-refractivity contribution in [3.05, 3.63) is 108 Å². The summed E-state index contributed by atoms with van der Waals surface area (Å²) >= 11 is 0. The van der Waals surface area contributed by atoms with Gasteiger partial charge in [0.25, 0.3) is 0 Å². The molecule has 4 rings (SSSR count). The Kier molecular flexibility index (Phi) is 8.78. The van der Waals surface area contributed by atoms with Gasteiger partial charge in [-0.25, -0.2) is 5.43 Å². The van der Waals surface area contributed by atoms with Gasteiger partial charge in [-0.3, -0.25) is 24.6 Å². The molecule has 190 valence electrons. The number of amides is 3. The third-order valence-electron chi connectivity index (χ3n) is 6.30. The second kappa shape index (κ2) is 12.6. The van der Waals surface area contributed by atoms with Crippen LogP contribution in [0.25, 0.3) is 0 Å². The Morgan fingerprint density at radius 1 is 0.811 bits per heavy atom. The molecule has 3 amide bonds. The number of likely N-dealkylation sites (tertiary alicyclic amines) is 1. The van der Waals surface area contributed by atoms with Gasteiger partial charge in [0, 0.05) is 25.9 Å². The Labute approximate surface area is 216 Å². The average molecular weight is 499 g/mol. The molecular formula is C29H30N4O4. The summed E-state index contributed by atoms with van der Waals surface area (Å²) in [6.07, 6.45) is 0.761. The summed E-state index contributed by atoms with van der Waals surface area (Å²) in [4.78, 5) is 53.2. The number of carbonyl (C=O) groups excluding carboxylic acids is 4. The third-order valence-corrected chi connectivity index (χ3v) is 6.30. The standard InChI is InChI=1S/C29H30N4O4/c34-26-17-16-25(33(26)20-23-14-8-3-9-15-23)28(36)31-24(18-21-10-4-1-5-11-21)27(35)29(37)32-30-19-22-12-6-2-7-13-22/h1-15,24-25,30H,16-20H2,(H,31,36)(H,32,37). The Morgan fingerprint density at radius 2 is 1.38 bits per heavy atom. The zero-order valence-corrected chi connectivity index (χ0v) is 20.4. The second-order valence-corrected chi connectivity index (χ2v) is 8.97. The van der Waals surface area contributed by atoms with Gasteiger partial charge in [0.05, 0.1) is 0 Å². The molecule has 0 spiro atoms. The smallest absolute Gasteiger partial charge is 0.303 e. The van der Waals surface area contributed by atoms with Crippen LogP contribution in [0.3, 0.4) is 0 Å². The molecule has 3 aromatic carbocycles. The van der Waals surface area contributed by atoms with E-state index in [2.05, 4.69) is 16.2 Å². The molecule has 3 aromatic rings. The highest BCUT2D eigenvalue weighted by molar-refractivity contribution is 6.38. The second-order valence-electron chi connectivity index (χ2n) is 8.97. The number of Topliss-reactive ketones (excluding diaryl/α,β-unsaturated/α-hetero) is 1. The lowest BCUT2D eigenvalue weighted by molar-refractivity contribution is -0.141. The van der Waals surface area contributed by atoms with Crippen LogP contribution in [0, 0.1) is 0 Å². The van der Waals surface area contributed by atoms with E-state index in [9.17, 15) is 19.2 Å². The van der Waals surface area contributed by atoms with Crippen LogP contribution in [0.5, 0.6) is 0 Å². The maximum atomic E-state index is 13.3. The number of nitrogens with one attached hydrogen (secondary N) is 3. The predicted molar refractivity (Wildman–Crippen MR) is 139 cm³/mol. The molecule has 1 saturated heterocycles. The molecule has 0 saturated carbocycles. The molecule has 0 aromatic heterocycles. The number of hydrogen-bond acceptors (Lipinski definition) is 5. The normalized spacial score (nSPS) is 15.7. The molecule has 2 unspecified atom stereocenters. The topological polar surface area (TPSA) is 108 Å². The molecule has 0 bridgehead atoms. The van der Waals surface area contributed by atoms with Crippen LogP contribution >= 0.6 is 0 Å². The number of carbonyl (C=O) groups is 4.